The number of fused-ring (bicyclic) bond motifs is 1. The van der Waals surface area contributed by atoms with Crippen molar-refractivity contribution in [1.29, 1.82) is 0 Å². The van der Waals surface area contributed by atoms with Crippen LogP contribution >= 0.6 is 0 Å². The number of hydrogen-bond donors (Lipinski definition) is 1. The van der Waals surface area contributed by atoms with E-state index in [1.165, 1.54) is 19.3 Å². The van der Waals surface area contributed by atoms with Crippen molar-refractivity contribution in [2.75, 3.05) is 29.9 Å². The highest BCUT2D eigenvalue weighted by Crippen LogP contribution is 2.25. The third-order valence-electron chi connectivity index (χ3n) is 5.54. The Bertz CT molecular complexity index is 964. The summed E-state index contributed by atoms with van der Waals surface area (Å²) in [5.74, 6) is -0.868. The Morgan fingerprint density at radius 3 is 2.52 bits per heavy atom. The first-order valence-electron chi connectivity index (χ1n) is 10.1. The summed E-state index contributed by atoms with van der Waals surface area (Å²) in [6.07, 6.45) is 3.72. The van der Waals surface area contributed by atoms with Crippen molar-refractivity contribution in [1.82, 2.24) is 4.90 Å². The predicted octanol–water partition coefficient (Wildman–Crippen LogP) is 3.61. The largest absolute Gasteiger partial charge is 0.371 e. The van der Waals surface area contributed by atoms with Crippen LogP contribution in [0.2, 0.25) is 0 Å². The van der Waals surface area contributed by atoms with E-state index < -0.39 is 0 Å². The van der Waals surface area contributed by atoms with E-state index in [4.69, 9.17) is 0 Å². The lowest BCUT2D eigenvalue weighted by atomic mass is 10.1. The first-order chi connectivity index (χ1) is 14.0. The van der Waals surface area contributed by atoms with Gasteiger partial charge in [-0.3, -0.25) is 19.3 Å². The Kier molecular flexibility index (Phi) is 5.34. The molecular weight excluding hydrogens is 366 g/mol. The van der Waals surface area contributed by atoms with Gasteiger partial charge in [-0.2, -0.15) is 0 Å². The van der Waals surface area contributed by atoms with Crippen LogP contribution in [0.4, 0.5) is 11.4 Å². The van der Waals surface area contributed by atoms with Crippen LogP contribution < -0.4 is 10.2 Å². The SMILES string of the molecule is Cc1ccc2c(c1)C(=O)N(CCC(=O)Nc1cccc(N3CCCCC3)c1)C2=O. The van der Waals surface area contributed by atoms with E-state index >= 15 is 0 Å². The minimum atomic E-state index is -0.329. The molecule has 0 radical (unpaired) electrons. The molecule has 3 amide bonds. The molecule has 6 nitrogen and oxygen atoms in total. The summed E-state index contributed by atoms with van der Waals surface area (Å²) in [7, 11) is 0. The number of carbonyl (C=O) groups is 3. The lowest BCUT2D eigenvalue weighted by molar-refractivity contribution is -0.116. The van der Waals surface area contributed by atoms with E-state index in [0.717, 1.165) is 34.9 Å². The van der Waals surface area contributed by atoms with Gasteiger partial charge in [-0.15, -0.1) is 0 Å². The van der Waals surface area contributed by atoms with Crippen LogP contribution in [0.1, 0.15) is 52.0 Å². The van der Waals surface area contributed by atoms with Crippen molar-refractivity contribution < 1.29 is 14.4 Å². The molecule has 1 fully saturated rings. The molecule has 2 heterocycles. The molecule has 2 aromatic rings. The molecule has 0 unspecified atom stereocenters. The standard InChI is InChI=1S/C23H25N3O3/c1-16-8-9-19-20(14-16)23(29)26(22(19)28)13-10-21(27)24-17-6-5-7-18(15-17)25-11-3-2-4-12-25/h5-9,14-15H,2-4,10-13H2,1H3,(H,24,27). The summed E-state index contributed by atoms with van der Waals surface area (Å²) in [6.45, 7) is 4.03. The van der Waals surface area contributed by atoms with Crippen LogP contribution in [0, 0.1) is 6.92 Å². The second kappa shape index (κ2) is 8.07. The highest BCUT2D eigenvalue weighted by atomic mass is 16.2. The number of anilines is 2. The minimum absolute atomic E-state index is 0.0678. The minimum Gasteiger partial charge on any atom is -0.371 e. The number of imide groups is 1. The third kappa shape index (κ3) is 4.01. The van der Waals surface area contributed by atoms with Crippen molar-refractivity contribution in [3.63, 3.8) is 0 Å². The number of rotatable bonds is 5. The molecule has 1 saturated heterocycles. The van der Waals surface area contributed by atoms with Gasteiger partial charge in [0.05, 0.1) is 11.1 Å². The van der Waals surface area contributed by atoms with E-state index in [2.05, 4.69) is 16.3 Å². The first kappa shape index (κ1) is 19.2. The fraction of sp³-hybridized carbons (Fsp3) is 0.348. The van der Waals surface area contributed by atoms with Gasteiger partial charge in [0.15, 0.2) is 0 Å². The van der Waals surface area contributed by atoms with Gasteiger partial charge in [-0.1, -0.05) is 17.7 Å². The lowest BCUT2D eigenvalue weighted by Crippen LogP contribution is -2.33. The van der Waals surface area contributed by atoms with Gasteiger partial charge in [0.25, 0.3) is 11.8 Å². The number of benzene rings is 2. The number of amides is 3. The summed E-state index contributed by atoms with van der Waals surface area (Å²) in [5.41, 5.74) is 3.60. The van der Waals surface area contributed by atoms with Crippen molar-refractivity contribution in [2.24, 2.45) is 0 Å². The van der Waals surface area contributed by atoms with Gasteiger partial charge in [-0.25, -0.2) is 0 Å². The van der Waals surface area contributed by atoms with E-state index in [0.29, 0.717) is 11.1 Å². The fourth-order valence-electron chi connectivity index (χ4n) is 3.98. The van der Waals surface area contributed by atoms with E-state index in [9.17, 15) is 14.4 Å². The average Bonchev–Trinajstić information content (AvgIpc) is 2.97. The number of nitrogens with zero attached hydrogens (tertiary/aromatic N) is 2. The maximum absolute atomic E-state index is 12.5. The van der Waals surface area contributed by atoms with Crippen molar-refractivity contribution in [3.05, 3.63) is 59.2 Å². The zero-order valence-electron chi connectivity index (χ0n) is 16.6. The monoisotopic (exact) mass is 391 g/mol. The molecular formula is C23H25N3O3. The number of aryl methyl sites for hydroxylation is 1. The molecule has 0 bridgehead atoms. The van der Waals surface area contributed by atoms with Gasteiger partial charge in [0.1, 0.15) is 0 Å². The van der Waals surface area contributed by atoms with Gasteiger partial charge in [0.2, 0.25) is 5.91 Å². The molecule has 2 aliphatic heterocycles. The molecule has 2 aliphatic rings. The van der Waals surface area contributed by atoms with E-state index in [1.54, 1.807) is 12.1 Å². The molecule has 4 rings (SSSR count). The third-order valence-corrected chi connectivity index (χ3v) is 5.54. The Labute approximate surface area is 170 Å². The van der Waals surface area contributed by atoms with Crippen LogP contribution in [-0.4, -0.2) is 42.3 Å². The second-order valence-corrected chi connectivity index (χ2v) is 7.71. The molecule has 0 spiro atoms. The zero-order chi connectivity index (χ0) is 20.4. The van der Waals surface area contributed by atoms with Gasteiger partial charge in [0, 0.05) is 37.4 Å². The Morgan fingerprint density at radius 1 is 0.966 bits per heavy atom. The van der Waals surface area contributed by atoms with Gasteiger partial charge < -0.3 is 10.2 Å². The van der Waals surface area contributed by atoms with Crippen LogP contribution in [0.5, 0.6) is 0 Å². The number of nitrogens with one attached hydrogen (secondary N) is 1. The Morgan fingerprint density at radius 2 is 1.72 bits per heavy atom. The molecule has 2 aromatic carbocycles. The van der Waals surface area contributed by atoms with Crippen molar-refractivity contribution in [3.8, 4) is 0 Å². The van der Waals surface area contributed by atoms with Gasteiger partial charge in [-0.05, 0) is 56.5 Å². The van der Waals surface area contributed by atoms with Crippen molar-refractivity contribution in [2.45, 2.75) is 32.6 Å². The van der Waals surface area contributed by atoms with Crippen molar-refractivity contribution >= 4 is 29.1 Å². The maximum Gasteiger partial charge on any atom is 0.261 e. The number of piperidine rings is 1. The molecule has 0 aromatic heterocycles. The topological polar surface area (TPSA) is 69.7 Å². The van der Waals surface area contributed by atoms with Crippen LogP contribution in [0.15, 0.2) is 42.5 Å². The van der Waals surface area contributed by atoms with E-state index in [-0.39, 0.29) is 30.7 Å². The molecule has 0 aliphatic carbocycles. The van der Waals surface area contributed by atoms with Crippen LogP contribution in [0.3, 0.4) is 0 Å². The Balaban J connectivity index is 1.36. The van der Waals surface area contributed by atoms with Crippen LogP contribution in [-0.2, 0) is 4.79 Å². The second-order valence-electron chi connectivity index (χ2n) is 7.71. The summed E-state index contributed by atoms with van der Waals surface area (Å²) >= 11 is 0. The van der Waals surface area contributed by atoms with Gasteiger partial charge >= 0.3 is 0 Å². The van der Waals surface area contributed by atoms with E-state index in [1.807, 2.05) is 31.2 Å². The smallest absolute Gasteiger partial charge is 0.261 e. The maximum atomic E-state index is 12.5. The molecule has 6 heteroatoms. The first-order valence-corrected chi connectivity index (χ1v) is 10.1. The molecule has 150 valence electrons. The molecule has 0 atom stereocenters. The fourth-order valence-corrected chi connectivity index (χ4v) is 3.98. The lowest BCUT2D eigenvalue weighted by Gasteiger charge is -2.29. The quantitative estimate of drug-likeness (QED) is 0.791. The molecule has 0 saturated carbocycles. The normalized spacial score (nSPS) is 16.2. The summed E-state index contributed by atoms with van der Waals surface area (Å²) < 4.78 is 0. The number of hydrogen-bond acceptors (Lipinski definition) is 4. The average molecular weight is 391 g/mol. The highest BCUT2D eigenvalue weighted by Gasteiger charge is 2.35. The predicted molar refractivity (Wildman–Crippen MR) is 112 cm³/mol. The van der Waals surface area contributed by atoms with Crippen LogP contribution in [0.25, 0.3) is 0 Å². The summed E-state index contributed by atoms with van der Waals surface area (Å²) in [5, 5.41) is 2.89. The molecule has 1 N–H and O–H groups in total. The summed E-state index contributed by atoms with van der Waals surface area (Å²) in [6, 6.07) is 13.0. The summed E-state index contributed by atoms with van der Waals surface area (Å²) in [4.78, 5) is 40.9. The zero-order valence-corrected chi connectivity index (χ0v) is 16.6. The molecule has 29 heavy (non-hydrogen) atoms. The Hall–Kier alpha value is -3.15. The highest BCUT2D eigenvalue weighted by molar-refractivity contribution is 6.21. The number of carbonyl (C=O) groups excluding carboxylic acids is 3.